The third-order valence-corrected chi connectivity index (χ3v) is 7.00. The van der Waals surface area contributed by atoms with Gasteiger partial charge in [-0.05, 0) is 60.6 Å². The van der Waals surface area contributed by atoms with Crippen molar-refractivity contribution in [3.63, 3.8) is 0 Å². The Bertz CT molecular complexity index is 756. The number of aryl methyl sites for hydroxylation is 2. The number of rotatable bonds is 3. The lowest BCUT2D eigenvalue weighted by atomic mass is 9.79. The largest absolute Gasteiger partial charge is 0.453 e. The summed E-state index contributed by atoms with van der Waals surface area (Å²) in [5.41, 5.74) is 4.34. The second kappa shape index (κ2) is 6.00. The lowest BCUT2D eigenvalue weighted by molar-refractivity contribution is -0.138. The quantitative estimate of drug-likeness (QED) is 0.906. The van der Waals surface area contributed by atoms with Gasteiger partial charge in [0.05, 0.1) is 7.11 Å². The summed E-state index contributed by atoms with van der Waals surface area (Å²) in [7, 11) is 1.36. The van der Waals surface area contributed by atoms with Crippen LogP contribution in [0.15, 0.2) is 18.2 Å². The molecule has 1 aromatic carbocycles. The monoisotopic (exact) mass is 356 g/mol. The molecule has 140 valence electrons. The van der Waals surface area contributed by atoms with Crippen LogP contribution in [0.25, 0.3) is 0 Å². The van der Waals surface area contributed by atoms with Gasteiger partial charge in [0.25, 0.3) is 0 Å². The summed E-state index contributed by atoms with van der Waals surface area (Å²) in [6.45, 7) is 8.38. The SMILES string of the molecule is COC(=O)NC1CC(C(=O)N2CC3C(c4ccc(C)c(C)c4)C3(C)C2)C1. The van der Waals surface area contributed by atoms with Gasteiger partial charge < -0.3 is 15.0 Å². The fraction of sp³-hybridized carbons (Fsp3) is 0.619. The fourth-order valence-electron chi connectivity index (χ4n) is 5.06. The maximum absolute atomic E-state index is 12.8. The van der Waals surface area contributed by atoms with Gasteiger partial charge in [-0.3, -0.25) is 4.79 Å². The van der Waals surface area contributed by atoms with Crippen LogP contribution >= 0.6 is 0 Å². The Kier molecular flexibility index (Phi) is 4.01. The van der Waals surface area contributed by atoms with Crippen molar-refractivity contribution in [1.82, 2.24) is 10.2 Å². The first kappa shape index (κ1) is 17.4. The van der Waals surface area contributed by atoms with E-state index in [4.69, 9.17) is 0 Å². The van der Waals surface area contributed by atoms with Crippen molar-refractivity contribution in [3.05, 3.63) is 34.9 Å². The van der Waals surface area contributed by atoms with Gasteiger partial charge in [-0.2, -0.15) is 0 Å². The van der Waals surface area contributed by atoms with E-state index in [1.54, 1.807) is 0 Å². The van der Waals surface area contributed by atoms with Crippen molar-refractivity contribution >= 4 is 12.0 Å². The summed E-state index contributed by atoms with van der Waals surface area (Å²) in [5, 5.41) is 2.77. The number of carbonyl (C=O) groups is 2. The molecule has 3 atom stereocenters. The van der Waals surface area contributed by atoms with Crippen molar-refractivity contribution in [2.75, 3.05) is 20.2 Å². The van der Waals surface area contributed by atoms with Gasteiger partial charge in [-0.1, -0.05) is 25.1 Å². The molecule has 2 aliphatic carbocycles. The van der Waals surface area contributed by atoms with E-state index in [0.29, 0.717) is 11.8 Å². The van der Waals surface area contributed by atoms with Crippen LogP contribution < -0.4 is 5.32 Å². The van der Waals surface area contributed by atoms with Gasteiger partial charge in [0.1, 0.15) is 0 Å². The molecule has 2 amide bonds. The van der Waals surface area contributed by atoms with E-state index < -0.39 is 6.09 Å². The number of nitrogens with zero attached hydrogens (tertiary/aromatic N) is 1. The van der Waals surface area contributed by atoms with E-state index in [2.05, 4.69) is 53.9 Å². The first-order valence-corrected chi connectivity index (χ1v) is 9.54. The predicted molar refractivity (Wildman–Crippen MR) is 98.9 cm³/mol. The minimum atomic E-state index is -0.410. The molecule has 5 heteroatoms. The maximum Gasteiger partial charge on any atom is 0.407 e. The molecule has 3 fully saturated rings. The molecule has 1 saturated heterocycles. The highest BCUT2D eigenvalue weighted by atomic mass is 16.5. The zero-order valence-electron chi connectivity index (χ0n) is 16.0. The molecule has 3 unspecified atom stereocenters. The molecule has 3 aliphatic rings. The maximum atomic E-state index is 12.8. The number of amides is 2. The van der Waals surface area contributed by atoms with Crippen molar-refractivity contribution in [2.45, 2.75) is 45.6 Å². The van der Waals surface area contributed by atoms with E-state index in [9.17, 15) is 9.59 Å². The predicted octanol–water partition coefficient (Wildman–Crippen LogP) is 3.00. The third kappa shape index (κ3) is 2.68. The van der Waals surface area contributed by atoms with Crippen LogP contribution in [0.1, 0.15) is 42.4 Å². The van der Waals surface area contributed by atoms with Gasteiger partial charge in [0.15, 0.2) is 0 Å². The minimum Gasteiger partial charge on any atom is -0.453 e. The molecule has 1 N–H and O–H groups in total. The highest BCUT2D eigenvalue weighted by molar-refractivity contribution is 5.81. The number of alkyl carbamates (subject to hydrolysis) is 1. The Morgan fingerprint density at radius 2 is 1.96 bits per heavy atom. The number of methoxy groups -OCH3 is 1. The number of hydrogen-bond acceptors (Lipinski definition) is 3. The normalized spacial score (nSPS) is 34.7. The van der Waals surface area contributed by atoms with Gasteiger partial charge in [-0.25, -0.2) is 4.79 Å². The molecule has 5 nitrogen and oxygen atoms in total. The Labute approximate surface area is 155 Å². The van der Waals surface area contributed by atoms with Gasteiger partial charge in [-0.15, -0.1) is 0 Å². The standard InChI is InChI=1S/C21H28N2O3/c1-12-5-6-14(7-13(12)2)18-17-10-23(11-21(17,18)3)19(24)15-8-16(9-15)22-20(25)26-4/h5-7,15-18H,8-11H2,1-4H3,(H,22,25). The van der Waals surface area contributed by atoms with Gasteiger partial charge >= 0.3 is 6.09 Å². The fourth-order valence-corrected chi connectivity index (χ4v) is 5.06. The molecule has 0 bridgehead atoms. The molecule has 0 spiro atoms. The molecule has 2 saturated carbocycles. The molecular formula is C21H28N2O3. The molecule has 1 aliphatic heterocycles. The summed E-state index contributed by atoms with van der Waals surface area (Å²) in [6, 6.07) is 6.88. The zero-order valence-corrected chi connectivity index (χ0v) is 16.0. The van der Waals surface area contributed by atoms with E-state index >= 15 is 0 Å². The number of nitrogens with one attached hydrogen (secondary N) is 1. The van der Waals surface area contributed by atoms with Gasteiger partial charge in [0, 0.05) is 25.0 Å². The van der Waals surface area contributed by atoms with Crippen LogP contribution in [0.3, 0.4) is 0 Å². The van der Waals surface area contributed by atoms with E-state index in [-0.39, 0.29) is 23.3 Å². The average molecular weight is 356 g/mol. The van der Waals surface area contributed by atoms with Crippen molar-refractivity contribution in [1.29, 1.82) is 0 Å². The second-order valence-corrected chi connectivity index (χ2v) is 8.65. The third-order valence-electron chi connectivity index (χ3n) is 7.00. The number of likely N-dealkylation sites (tertiary alicyclic amines) is 1. The summed E-state index contributed by atoms with van der Waals surface area (Å²) in [6.07, 6.45) is 1.05. The van der Waals surface area contributed by atoms with E-state index in [0.717, 1.165) is 25.9 Å². The molecule has 1 aromatic rings. The van der Waals surface area contributed by atoms with Gasteiger partial charge in [0.2, 0.25) is 5.91 Å². The molecule has 26 heavy (non-hydrogen) atoms. The Balaban J connectivity index is 1.33. The number of ether oxygens (including phenoxy) is 1. The molecule has 1 heterocycles. The molecule has 0 aromatic heterocycles. The first-order valence-electron chi connectivity index (χ1n) is 9.54. The second-order valence-electron chi connectivity index (χ2n) is 8.65. The lowest BCUT2D eigenvalue weighted by Crippen LogP contribution is -2.50. The molecule has 4 rings (SSSR count). The topological polar surface area (TPSA) is 58.6 Å². The summed E-state index contributed by atoms with van der Waals surface area (Å²) >= 11 is 0. The Hall–Kier alpha value is -2.04. The van der Waals surface area contributed by atoms with Crippen molar-refractivity contribution < 1.29 is 14.3 Å². The highest BCUT2D eigenvalue weighted by Crippen LogP contribution is 2.68. The number of fused-ring (bicyclic) bond motifs is 1. The van der Waals surface area contributed by atoms with Crippen LogP contribution in [0.4, 0.5) is 4.79 Å². The Morgan fingerprint density at radius 1 is 1.23 bits per heavy atom. The average Bonchev–Trinajstić information content (AvgIpc) is 2.97. The molecule has 0 radical (unpaired) electrons. The number of piperidine rings is 1. The van der Waals surface area contributed by atoms with Crippen LogP contribution in [-0.2, 0) is 9.53 Å². The minimum absolute atomic E-state index is 0.0540. The first-order chi connectivity index (χ1) is 12.3. The zero-order chi connectivity index (χ0) is 18.6. The van der Waals surface area contributed by atoms with Crippen LogP contribution in [-0.4, -0.2) is 43.1 Å². The molecular weight excluding hydrogens is 328 g/mol. The van der Waals surface area contributed by atoms with Crippen molar-refractivity contribution in [3.8, 4) is 0 Å². The smallest absolute Gasteiger partial charge is 0.407 e. The summed E-state index contributed by atoms with van der Waals surface area (Å²) in [5.74, 6) is 1.48. The number of carbonyl (C=O) groups excluding carboxylic acids is 2. The number of benzene rings is 1. The number of hydrogen-bond donors (Lipinski definition) is 1. The van der Waals surface area contributed by atoms with Crippen LogP contribution in [0.5, 0.6) is 0 Å². The van der Waals surface area contributed by atoms with Crippen LogP contribution in [0.2, 0.25) is 0 Å². The highest BCUT2D eigenvalue weighted by Gasteiger charge is 2.67. The van der Waals surface area contributed by atoms with Crippen LogP contribution in [0, 0.1) is 31.1 Å². The summed E-state index contributed by atoms with van der Waals surface area (Å²) < 4.78 is 4.61. The van der Waals surface area contributed by atoms with Crippen molar-refractivity contribution in [2.24, 2.45) is 17.3 Å². The van der Waals surface area contributed by atoms with E-state index in [1.807, 2.05) is 0 Å². The Morgan fingerprint density at radius 3 is 2.54 bits per heavy atom. The summed E-state index contributed by atoms with van der Waals surface area (Å²) in [4.78, 5) is 26.0. The van der Waals surface area contributed by atoms with E-state index in [1.165, 1.54) is 23.8 Å². The lowest BCUT2D eigenvalue weighted by Gasteiger charge is -2.37.